The summed E-state index contributed by atoms with van der Waals surface area (Å²) in [6.07, 6.45) is 4.45. The number of aromatic nitrogens is 2. The molecule has 2 aliphatic heterocycles. The minimum Gasteiger partial charge on any atom is -0.303 e. The minimum atomic E-state index is 0.129. The van der Waals surface area contributed by atoms with Crippen LogP contribution in [-0.2, 0) is 4.79 Å². The van der Waals surface area contributed by atoms with Crippen molar-refractivity contribution < 1.29 is 4.79 Å². The molecule has 0 radical (unpaired) electrons. The Morgan fingerprint density at radius 1 is 1.22 bits per heavy atom. The topological polar surface area (TPSA) is 49.3 Å². The lowest BCUT2D eigenvalue weighted by Crippen LogP contribution is -2.35. The lowest BCUT2D eigenvalue weighted by molar-refractivity contribution is -0.114. The molecule has 0 fully saturated rings. The number of amides is 1. The van der Waals surface area contributed by atoms with Crippen LogP contribution in [0.25, 0.3) is 10.2 Å². The SMILES string of the molecule is CC(c1ccc2scnc2c1)N1CCC2=C(C1)C(=O)N(c1cccnc1)C2. The molecule has 5 rings (SSSR count). The zero-order chi connectivity index (χ0) is 18.4. The van der Waals surface area contributed by atoms with Gasteiger partial charge >= 0.3 is 0 Å². The number of benzene rings is 1. The number of hydrogen-bond acceptors (Lipinski definition) is 5. The number of carbonyl (C=O) groups excluding carboxylic acids is 1. The van der Waals surface area contributed by atoms with E-state index in [0.717, 1.165) is 29.7 Å². The Hall–Kier alpha value is -2.57. The second-order valence-corrected chi connectivity index (χ2v) is 8.05. The number of fused-ring (bicyclic) bond motifs is 1. The van der Waals surface area contributed by atoms with Gasteiger partial charge in [0.15, 0.2) is 0 Å². The van der Waals surface area contributed by atoms with Crippen molar-refractivity contribution in [3.8, 4) is 0 Å². The third-order valence-corrected chi connectivity index (χ3v) is 6.49. The van der Waals surface area contributed by atoms with E-state index < -0.39 is 0 Å². The summed E-state index contributed by atoms with van der Waals surface area (Å²) in [5.41, 5.74) is 7.33. The van der Waals surface area contributed by atoms with E-state index in [-0.39, 0.29) is 11.9 Å². The van der Waals surface area contributed by atoms with Crippen LogP contribution in [0, 0.1) is 0 Å². The largest absolute Gasteiger partial charge is 0.303 e. The maximum absolute atomic E-state index is 13.0. The van der Waals surface area contributed by atoms with Crippen molar-refractivity contribution in [3.63, 3.8) is 0 Å². The van der Waals surface area contributed by atoms with Crippen molar-refractivity contribution >= 4 is 33.1 Å². The normalized spacial score (nSPS) is 19.0. The number of hydrogen-bond donors (Lipinski definition) is 0. The quantitative estimate of drug-likeness (QED) is 0.698. The van der Waals surface area contributed by atoms with Crippen LogP contribution < -0.4 is 4.90 Å². The molecule has 0 bridgehead atoms. The van der Waals surface area contributed by atoms with Crippen LogP contribution in [0.15, 0.2) is 59.4 Å². The molecule has 0 aliphatic carbocycles. The first-order valence-corrected chi connectivity index (χ1v) is 10.1. The standard InChI is InChI=1S/C21H20N4OS/c1-14(15-4-5-20-19(9-15)23-13-27-20)24-8-6-16-11-25(21(26)18(16)12-24)17-3-2-7-22-10-17/h2-5,7,9-10,13-14H,6,8,11-12H2,1H3. The minimum absolute atomic E-state index is 0.129. The highest BCUT2D eigenvalue weighted by Gasteiger charge is 2.36. The fourth-order valence-electron chi connectivity index (χ4n) is 4.04. The van der Waals surface area contributed by atoms with Crippen LogP contribution in [0.5, 0.6) is 0 Å². The fourth-order valence-corrected chi connectivity index (χ4v) is 4.70. The summed E-state index contributed by atoms with van der Waals surface area (Å²) in [7, 11) is 0. The van der Waals surface area contributed by atoms with Crippen LogP contribution in [0.2, 0.25) is 0 Å². The molecule has 1 unspecified atom stereocenters. The molecule has 5 nitrogen and oxygen atoms in total. The van der Waals surface area contributed by atoms with Gasteiger partial charge in [0.2, 0.25) is 0 Å². The molecule has 1 amide bonds. The maximum Gasteiger partial charge on any atom is 0.255 e. The highest BCUT2D eigenvalue weighted by atomic mass is 32.1. The summed E-state index contributed by atoms with van der Waals surface area (Å²) in [5.74, 6) is 0.129. The van der Waals surface area contributed by atoms with Crippen LogP contribution in [0.4, 0.5) is 5.69 Å². The number of pyridine rings is 1. The predicted molar refractivity (Wildman–Crippen MR) is 108 cm³/mol. The lowest BCUT2D eigenvalue weighted by atomic mass is 9.98. The molecule has 1 atom stereocenters. The molecule has 6 heteroatoms. The van der Waals surface area contributed by atoms with Crippen molar-refractivity contribution in [2.24, 2.45) is 0 Å². The molecule has 2 aromatic heterocycles. The van der Waals surface area contributed by atoms with Gasteiger partial charge in [-0.3, -0.25) is 14.7 Å². The van der Waals surface area contributed by atoms with Crippen molar-refractivity contribution in [1.82, 2.24) is 14.9 Å². The second-order valence-electron chi connectivity index (χ2n) is 7.16. The first-order valence-electron chi connectivity index (χ1n) is 9.20. The number of carbonyl (C=O) groups is 1. The van der Waals surface area contributed by atoms with Gasteiger partial charge in [-0.15, -0.1) is 11.3 Å². The average molecular weight is 376 g/mol. The molecule has 27 heavy (non-hydrogen) atoms. The summed E-state index contributed by atoms with van der Waals surface area (Å²) in [4.78, 5) is 25.8. The Bertz CT molecular complexity index is 1040. The van der Waals surface area contributed by atoms with E-state index in [4.69, 9.17) is 0 Å². The highest BCUT2D eigenvalue weighted by Crippen LogP contribution is 2.34. The molecule has 2 aliphatic rings. The summed E-state index contributed by atoms with van der Waals surface area (Å²) < 4.78 is 1.22. The Labute approximate surface area is 162 Å². The van der Waals surface area contributed by atoms with Crippen LogP contribution >= 0.6 is 11.3 Å². The number of anilines is 1. The smallest absolute Gasteiger partial charge is 0.255 e. The van der Waals surface area contributed by atoms with Gasteiger partial charge in [0.05, 0.1) is 27.6 Å². The van der Waals surface area contributed by atoms with Gasteiger partial charge in [-0.2, -0.15) is 0 Å². The summed E-state index contributed by atoms with van der Waals surface area (Å²) in [6.45, 7) is 4.61. The molecule has 0 spiro atoms. The zero-order valence-electron chi connectivity index (χ0n) is 15.1. The van der Waals surface area contributed by atoms with E-state index in [1.165, 1.54) is 15.8 Å². The van der Waals surface area contributed by atoms with E-state index in [1.54, 1.807) is 23.7 Å². The Morgan fingerprint density at radius 3 is 3.00 bits per heavy atom. The zero-order valence-corrected chi connectivity index (χ0v) is 15.9. The molecule has 136 valence electrons. The van der Waals surface area contributed by atoms with Gasteiger partial charge < -0.3 is 4.90 Å². The number of thiazole rings is 1. The predicted octanol–water partition coefficient (Wildman–Crippen LogP) is 3.80. The Balaban J connectivity index is 1.36. The lowest BCUT2D eigenvalue weighted by Gasteiger charge is -2.32. The summed E-state index contributed by atoms with van der Waals surface area (Å²) >= 11 is 1.67. The van der Waals surface area contributed by atoms with E-state index in [2.05, 4.69) is 40.0 Å². The molecule has 1 aromatic carbocycles. The van der Waals surface area contributed by atoms with Gasteiger partial charge in [-0.05, 0) is 48.7 Å². The van der Waals surface area contributed by atoms with Crippen LogP contribution in [-0.4, -0.2) is 40.4 Å². The third-order valence-electron chi connectivity index (χ3n) is 5.68. The van der Waals surface area contributed by atoms with Gasteiger partial charge in [0, 0.05) is 37.4 Å². The molecule has 4 heterocycles. The van der Waals surface area contributed by atoms with Gasteiger partial charge in [0.1, 0.15) is 0 Å². The van der Waals surface area contributed by atoms with Crippen molar-refractivity contribution in [1.29, 1.82) is 0 Å². The van der Waals surface area contributed by atoms with Gasteiger partial charge in [-0.1, -0.05) is 6.07 Å². The molecule has 0 saturated carbocycles. The van der Waals surface area contributed by atoms with Gasteiger partial charge in [-0.25, -0.2) is 4.98 Å². The van der Waals surface area contributed by atoms with Crippen molar-refractivity contribution in [2.45, 2.75) is 19.4 Å². The number of nitrogens with zero attached hydrogens (tertiary/aromatic N) is 4. The summed E-state index contributed by atoms with van der Waals surface area (Å²) in [6, 6.07) is 10.6. The van der Waals surface area contributed by atoms with Gasteiger partial charge in [0.25, 0.3) is 5.91 Å². The van der Waals surface area contributed by atoms with E-state index in [0.29, 0.717) is 13.1 Å². The van der Waals surface area contributed by atoms with Crippen LogP contribution in [0.3, 0.4) is 0 Å². The second kappa shape index (κ2) is 6.55. The van der Waals surface area contributed by atoms with Crippen LogP contribution in [0.1, 0.15) is 24.9 Å². The number of rotatable bonds is 3. The molecular formula is C21H20N4OS. The Kier molecular flexibility index (Phi) is 4.02. The highest BCUT2D eigenvalue weighted by molar-refractivity contribution is 7.16. The molecule has 0 N–H and O–H groups in total. The van der Waals surface area contributed by atoms with E-state index in [9.17, 15) is 4.79 Å². The first-order chi connectivity index (χ1) is 13.2. The van der Waals surface area contributed by atoms with E-state index in [1.807, 2.05) is 22.5 Å². The van der Waals surface area contributed by atoms with E-state index >= 15 is 0 Å². The molecule has 0 saturated heterocycles. The van der Waals surface area contributed by atoms with Crippen molar-refractivity contribution in [2.75, 3.05) is 24.5 Å². The third kappa shape index (κ3) is 2.85. The fraction of sp³-hybridized carbons (Fsp3) is 0.286. The Morgan fingerprint density at radius 2 is 2.15 bits per heavy atom. The molecule has 3 aromatic rings. The maximum atomic E-state index is 13.0. The summed E-state index contributed by atoms with van der Waals surface area (Å²) in [5, 5.41) is 0. The molecular weight excluding hydrogens is 356 g/mol. The van der Waals surface area contributed by atoms with Crippen molar-refractivity contribution in [3.05, 3.63) is 64.9 Å². The monoisotopic (exact) mass is 376 g/mol. The average Bonchev–Trinajstić information content (AvgIpc) is 3.32. The first kappa shape index (κ1) is 16.6.